The summed E-state index contributed by atoms with van der Waals surface area (Å²) >= 11 is 9.05. The number of hydrogen-bond acceptors (Lipinski definition) is 0. The van der Waals surface area contributed by atoms with Gasteiger partial charge in [0, 0.05) is 15.4 Å². The van der Waals surface area contributed by atoms with Crippen LogP contribution in [-0.4, -0.2) is 0 Å². The Morgan fingerprint density at radius 2 is 1.58 bits per heavy atom. The maximum Gasteiger partial charge on any atom is 0.194 e. The fourth-order valence-corrected chi connectivity index (χ4v) is 2.57. The molecule has 2 aromatic carbocycles. The first-order chi connectivity index (χ1) is 8.99. The molecule has 2 aromatic rings. The van der Waals surface area contributed by atoms with Crippen LogP contribution in [0.1, 0.15) is 16.0 Å². The van der Waals surface area contributed by atoms with E-state index < -0.39 is 22.3 Å². The van der Waals surface area contributed by atoms with E-state index in [0.29, 0.717) is 11.4 Å². The molecule has 0 bridgehead atoms. The number of halogens is 5. The highest BCUT2D eigenvalue weighted by molar-refractivity contribution is 9.09. The van der Waals surface area contributed by atoms with Crippen molar-refractivity contribution in [2.24, 2.45) is 0 Å². The summed E-state index contributed by atoms with van der Waals surface area (Å²) in [5, 5.41) is 0.605. The van der Waals surface area contributed by atoms with E-state index in [9.17, 15) is 13.2 Å². The van der Waals surface area contributed by atoms with Crippen molar-refractivity contribution in [3.8, 4) is 0 Å². The molecule has 0 nitrogen and oxygen atoms in total. The zero-order valence-electron chi connectivity index (χ0n) is 9.64. The molecule has 0 aliphatic carbocycles. The summed E-state index contributed by atoms with van der Waals surface area (Å²) in [6.07, 6.45) is 0.444. The fourth-order valence-electron chi connectivity index (χ4n) is 1.72. The number of alkyl halides is 1. The third kappa shape index (κ3) is 3.31. The topological polar surface area (TPSA) is 0 Å². The Morgan fingerprint density at radius 3 is 2.21 bits per heavy atom. The summed E-state index contributed by atoms with van der Waals surface area (Å²) in [6, 6.07) is 9.20. The van der Waals surface area contributed by atoms with E-state index in [0.717, 1.165) is 11.6 Å². The molecule has 0 heterocycles. The van der Waals surface area contributed by atoms with Crippen LogP contribution in [0.5, 0.6) is 0 Å². The smallest absolute Gasteiger partial charge is 0.194 e. The Hall–Kier alpha value is -1.00. The predicted molar refractivity (Wildman–Crippen MR) is 73.1 cm³/mol. The molecule has 0 saturated carbocycles. The molecule has 0 N–H and O–H groups in total. The third-order valence-corrected chi connectivity index (χ3v) is 3.80. The first kappa shape index (κ1) is 14.4. The van der Waals surface area contributed by atoms with Crippen LogP contribution in [0, 0.1) is 17.5 Å². The maximum atomic E-state index is 13.6. The fraction of sp³-hybridized carbons (Fsp3) is 0.143. The lowest BCUT2D eigenvalue weighted by Gasteiger charge is -2.12. The summed E-state index contributed by atoms with van der Waals surface area (Å²) < 4.78 is 39.6. The summed E-state index contributed by atoms with van der Waals surface area (Å²) in [7, 11) is 0. The largest absolute Gasteiger partial charge is 0.204 e. The molecule has 0 amide bonds. The zero-order chi connectivity index (χ0) is 14.0. The van der Waals surface area contributed by atoms with Crippen molar-refractivity contribution in [3.05, 3.63) is 70.0 Å². The third-order valence-electron chi connectivity index (χ3n) is 2.73. The van der Waals surface area contributed by atoms with E-state index in [2.05, 4.69) is 15.9 Å². The summed E-state index contributed by atoms with van der Waals surface area (Å²) in [4.78, 5) is -0.441. The zero-order valence-corrected chi connectivity index (χ0v) is 12.0. The van der Waals surface area contributed by atoms with E-state index in [1.165, 1.54) is 6.07 Å². The van der Waals surface area contributed by atoms with E-state index in [-0.39, 0.29) is 5.56 Å². The van der Waals surface area contributed by atoms with Crippen molar-refractivity contribution < 1.29 is 13.2 Å². The standard InChI is InChI=1S/C14H9BrClF3/c15-11(7-8-1-3-9(16)4-2-8)10-5-6-12(17)14(19)13(10)18/h1-6,11H,7H2. The Morgan fingerprint density at radius 1 is 0.947 bits per heavy atom. The van der Waals surface area contributed by atoms with Gasteiger partial charge in [-0.1, -0.05) is 45.7 Å². The van der Waals surface area contributed by atoms with Gasteiger partial charge in [0.05, 0.1) is 0 Å². The highest BCUT2D eigenvalue weighted by atomic mass is 79.9. The minimum Gasteiger partial charge on any atom is -0.204 e. The van der Waals surface area contributed by atoms with Crippen LogP contribution in [0.4, 0.5) is 13.2 Å². The predicted octanol–water partition coefficient (Wildman–Crippen LogP) is 5.44. The van der Waals surface area contributed by atoms with Crippen molar-refractivity contribution in [1.82, 2.24) is 0 Å². The van der Waals surface area contributed by atoms with Gasteiger partial charge in [-0.2, -0.15) is 0 Å². The van der Waals surface area contributed by atoms with Gasteiger partial charge in [0.25, 0.3) is 0 Å². The molecule has 0 fully saturated rings. The van der Waals surface area contributed by atoms with Gasteiger partial charge in [0.1, 0.15) is 0 Å². The molecule has 0 spiro atoms. The van der Waals surface area contributed by atoms with Gasteiger partial charge < -0.3 is 0 Å². The monoisotopic (exact) mass is 348 g/mol. The summed E-state index contributed by atoms with van der Waals surface area (Å²) in [5.41, 5.74) is 1.00. The van der Waals surface area contributed by atoms with E-state index in [4.69, 9.17) is 11.6 Å². The molecule has 0 aliphatic heterocycles. The molecule has 19 heavy (non-hydrogen) atoms. The minimum absolute atomic E-state index is 0.0915. The molecule has 2 rings (SSSR count). The Balaban J connectivity index is 2.23. The second kappa shape index (κ2) is 5.97. The van der Waals surface area contributed by atoms with Gasteiger partial charge in [-0.15, -0.1) is 0 Å². The molecule has 1 unspecified atom stereocenters. The van der Waals surface area contributed by atoms with E-state index in [1.807, 2.05) is 0 Å². The average molecular weight is 350 g/mol. The Labute approximate surface area is 122 Å². The van der Waals surface area contributed by atoms with Gasteiger partial charge >= 0.3 is 0 Å². The van der Waals surface area contributed by atoms with Gasteiger partial charge in [0.15, 0.2) is 17.5 Å². The lowest BCUT2D eigenvalue weighted by Crippen LogP contribution is -2.02. The van der Waals surface area contributed by atoms with Crippen LogP contribution in [-0.2, 0) is 6.42 Å². The molecule has 0 saturated heterocycles. The van der Waals surface area contributed by atoms with Crippen LogP contribution >= 0.6 is 27.5 Å². The van der Waals surface area contributed by atoms with Gasteiger partial charge in [-0.25, -0.2) is 13.2 Å². The molecular formula is C14H9BrClF3. The van der Waals surface area contributed by atoms with Crippen LogP contribution in [0.3, 0.4) is 0 Å². The summed E-state index contributed by atoms with van der Waals surface area (Å²) in [5.74, 6) is -3.79. The second-order valence-corrected chi connectivity index (χ2v) is 5.60. The Kier molecular flexibility index (Phi) is 4.53. The van der Waals surface area contributed by atoms with E-state index >= 15 is 0 Å². The molecule has 0 aromatic heterocycles. The first-order valence-electron chi connectivity index (χ1n) is 5.51. The van der Waals surface area contributed by atoms with Crippen LogP contribution in [0.15, 0.2) is 36.4 Å². The highest BCUT2D eigenvalue weighted by Gasteiger charge is 2.19. The van der Waals surface area contributed by atoms with Crippen LogP contribution < -0.4 is 0 Å². The van der Waals surface area contributed by atoms with Crippen molar-refractivity contribution in [1.29, 1.82) is 0 Å². The van der Waals surface area contributed by atoms with Gasteiger partial charge in [-0.3, -0.25) is 0 Å². The van der Waals surface area contributed by atoms with E-state index in [1.54, 1.807) is 24.3 Å². The van der Waals surface area contributed by atoms with Crippen molar-refractivity contribution in [3.63, 3.8) is 0 Å². The van der Waals surface area contributed by atoms with Gasteiger partial charge in [0.2, 0.25) is 0 Å². The average Bonchev–Trinajstić information content (AvgIpc) is 2.39. The number of hydrogen-bond donors (Lipinski definition) is 0. The first-order valence-corrected chi connectivity index (χ1v) is 6.80. The minimum atomic E-state index is -1.45. The second-order valence-electron chi connectivity index (χ2n) is 4.06. The quantitative estimate of drug-likeness (QED) is 0.511. The van der Waals surface area contributed by atoms with Crippen molar-refractivity contribution in [2.75, 3.05) is 0 Å². The maximum absolute atomic E-state index is 13.6. The molecule has 0 radical (unpaired) electrons. The molecule has 5 heteroatoms. The number of rotatable bonds is 3. The summed E-state index contributed by atoms with van der Waals surface area (Å²) in [6.45, 7) is 0. The molecule has 100 valence electrons. The SMILES string of the molecule is Fc1ccc(C(Br)Cc2ccc(Cl)cc2)c(F)c1F. The molecular weight excluding hydrogens is 341 g/mol. The van der Waals surface area contributed by atoms with Crippen LogP contribution in [0.25, 0.3) is 0 Å². The highest BCUT2D eigenvalue weighted by Crippen LogP contribution is 2.31. The Bertz CT molecular complexity index is 584. The van der Waals surface area contributed by atoms with Crippen molar-refractivity contribution >= 4 is 27.5 Å². The lowest BCUT2D eigenvalue weighted by molar-refractivity contribution is 0.440. The van der Waals surface area contributed by atoms with Gasteiger partial charge in [-0.05, 0) is 30.2 Å². The molecule has 0 aliphatic rings. The molecule has 1 atom stereocenters. The van der Waals surface area contributed by atoms with Crippen LogP contribution in [0.2, 0.25) is 5.02 Å². The number of benzene rings is 2. The van der Waals surface area contributed by atoms with Crippen molar-refractivity contribution in [2.45, 2.75) is 11.2 Å². The normalized spacial score (nSPS) is 12.5. The lowest BCUT2D eigenvalue weighted by atomic mass is 10.0.